The first-order valence-electron chi connectivity index (χ1n) is 5.78. The molecule has 0 amide bonds. The Hall–Kier alpha value is -0.330. The van der Waals surface area contributed by atoms with Crippen LogP contribution < -0.4 is 0 Å². The lowest BCUT2D eigenvalue weighted by atomic mass is 9.67. The van der Waals surface area contributed by atoms with Crippen LogP contribution in [-0.2, 0) is 4.79 Å². The predicted molar refractivity (Wildman–Crippen MR) is 51.2 cm³/mol. The molecule has 0 saturated heterocycles. The highest BCUT2D eigenvalue weighted by Crippen LogP contribution is 2.57. The Labute approximate surface area is 79.9 Å². The minimum atomic E-state index is 0.376. The van der Waals surface area contributed by atoms with Crippen molar-refractivity contribution in [1.29, 1.82) is 0 Å². The van der Waals surface area contributed by atoms with Gasteiger partial charge in [-0.25, -0.2) is 0 Å². The van der Waals surface area contributed by atoms with Gasteiger partial charge in [0.25, 0.3) is 0 Å². The van der Waals surface area contributed by atoms with Gasteiger partial charge >= 0.3 is 0 Å². The molecule has 1 nitrogen and oxygen atoms in total. The lowest BCUT2D eigenvalue weighted by Gasteiger charge is -2.36. The summed E-state index contributed by atoms with van der Waals surface area (Å²) in [6.07, 6.45) is 6.48. The zero-order chi connectivity index (χ0) is 9.00. The molecule has 5 atom stereocenters. The average molecular weight is 178 g/mol. The van der Waals surface area contributed by atoms with Gasteiger partial charge in [0.2, 0.25) is 0 Å². The van der Waals surface area contributed by atoms with Crippen molar-refractivity contribution in [3.05, 3.63) is 0 Å². The molecule has 0 aliphatic heterocycles. The molecular formula is C12H18O. The zero-order valence-corrected chi connectivity index (χ0v) is 8.33. The number of hydrogen-bond donors (Lipinski definition) is 0. The number of Topliss-reactive ketones (excluding diaryl/α,β-unsaturated/α-hetero) is 1. The van der Waals surface area contributed by atoms with Gasteiger partial charge in [-0.15, -0.1) is 0 Å². The lowest BCUT2D eigenvalue weighted by molar-refractivity contribution is -0.127. The van der Waals surface area contributed by atoms with Crippen molar-refractivity contribution >= 4 is 5.78 Å². The molecule has 2 bridgehead atoms. The SMILES string of the molecule is C[C@@H]1C[C@@H]2[C@@H]3CC[C@@H](C3)[C@H]2CC1=O. The summed E-state index contributed by atoms with van der Waals surface area (Å²) in [6, 6.07) is 0. The fourth-order valence-corrected chi connectivity index (χ4v) is 4.19. The molecule has 0 N–H and O–H groups in total. The predicted octanol–water partition coefficient (Wildman–Crippen LogP) is 2.65. The summed E-state index contributed by atoms with van der Waals surface area (Å²) in [5, 5.41) is 0. The number of rotatable bonds is 0. The van der Waals surface area contributed by atoms with Gasteiger partial charge in [-0.2, -0.15) is 0 Å². The summed E-state index contributed by atoms with van der Waals surface area (Å²) < 4.78 is 0. The van der Waals surface area contributed by atoms with Crippen LogP contribution in [-0.4, -0.2) is 5.78 Å². The van der Waals surface area contributed by atoms with E-state index in [1.807, 2.05) is 0 Å². The van der Waals surface area contributed by atoms with Crippen molar-refractivity contribution in [2.45, 2.75) is 39.0 Å². The summed E-state index contributed by atoms with van der Waals surface area (Å²) in [7, 11) is 0. The van der Waals surface area contributed by atoms with E-state index in [0.29, 0.717) is 11.7 Å². The highest BCUT2D eigenvalue weighted by molar-refractivity contribution is 5.81. The quantitative estimate of drug-likeness (QED) is 0.557. The summed E-state index contributed by atoms with van der Waals surface area (Å²) in [6.45, 7) is 2.13. The van der Waals surface area contributed by atoms with Crippen molar-refractivity contribution < 1.29 is 4.79 Å². The molecule has 0 aromatic rings. The van der Waals surface area contributed by atoms with E-state index in [1.54, 1.807) is 0 Å². The van der Waals surface area contributed by atoms with Gasteiger partial charge in [-0.3, -0.25) is 4.79 Å². The highest BCUT2D eigenvalue weighted by Gasteiger charge is 2.50. The number of hydrogen-bond acceptors (Lipinski definition) is 1. The van der Waals surface area contributed by atoms with Gasteiger partial charge in [-0.1, -0.05) is 6.92 Å². The molecule has 3 aliphatic carbocycles. The number of carbonyl (C=O) groups excluding carboxylic acids is 1. The molecular weight excluding hydrogens is 160 g/mol. The fourth-order valence-electron chi connectivity index (χ4n) is 4.19. The van der Waals surface area contributed by atoms with Crippen molar-refractivity contribution in [1.82, 2.24) is 0 Å². The lowest BCUT2D eigenvalue weighted by Crippen LogP contribution is -2.34. The minimum absolute atomic E-state index is 0.376. The summed E-state index contributed by atoms with van der Waals surface area (Å²) >= 11 is 0. The molecule has 72 valence electrons. The normalized spacial score (nSPS) is 53.9. The van der Waals surface area contributed by atoms with E-state index in [4.69, 9.17) is 0 Å². The van der Waals surface area contributed by atoms with Gasteiger partial charge in [0.15, 0.2) is 0 Å². The van der Waals surface area contributed by atoms with E-state index in [0.717, 1.165) is 30.1 Å². The fraction of sp³-hybridized carbons (Fsp3) is 0.917. The van der Waals surface area contributed by atoms with E-state index in [1.165, 1.54) is 25.7 Å². The largest absolute Gasteiger partial charge is 0.299 e. The number of ketones is 1. The molecule has 3 fully saturated rings. The number of fused-ring (bicyclic) bond motifs is 5. The van der Waals surface area contributed by atoms with E-state index < -0.39 is 0 Å². The Morgan fingerprint density at radius 1 is 1.08 bits per heavy atom. The van der Waals surface area contributed by atoms with Gasteiger partial charge < -0.3 is 0 Å². The van der Waals surface area contributed by atoms with Crippen LogP contribution in [0.25, 0.3) is 0 Å². The van der Waals surface area contributed by atoms with Crippen molar-refractivity contribution in [2.24, 2.45) is 29.6 Å². The molecule has 1 heteroatoms. The summed E-state index contributed by atoms with van der Waals surface area (Å²) in [5.74, 6) is 4.61. The second kappa shape index (κ2) is 2.59. The molecule has 3 rings (SSSR count). The van der Waals surface area contributed by atoms with Crippen molar-refractivity contribution in [3.8, 4) is 0 Å². The maximum absolute atomic E-state index is 11.6. The van der Waals surface area contributed by atoms with Crippen LogP contribution in [0, 0.1) is 29.6 Å². The van der Waals surface area contributed by atoms with E-state index in [2.05, 4.69) is 6.92 Å². The van der Waals surface area contributed by atoms with Gasteiger partial charge in [0, 0.05) is 12.3 Å². The highest BCUT2D eigenvalue weighted by atomic mass is 16.1. The Morgan fingerprint density at radius 3 is 2.54 bits per heavy atom. The van der Waals surface area contributed by atoms with Crippen LogP contribution in [0.1, 0.15) is 39.0 Å². The van der Waals surface area contributed by atoms with E-state index >= 15 is 0 Å². The zero-order valence-electron chi connectivity index (χ0n) is 8.33. The van der Waals surface area contributed by atoms with Gasteiger partial charge in [0.05, 0.1) is 0 Å². The summed E-state index contributed by atoms with van der Waals surface area (Å²) in [5.41, 5.74) is 0. The van der Waals surface area contributed by atoms with Crippen molar-refractivity contribution in [3.63, 3.8) is 0 Å². The maximum atomic E-state index is 11.6. The molecule has 0 radical (unpaired) electrons. The Kier molecular flexibility index (Phi) is 1.59. The van der Waals surface area contributed by atoms with Gasteiger partial charge in [-0.05, 0) is 49.4 Å². The maximum Gasteiger partial charge on any atom is 0.136 e. The molecule has 13 heavy (non-hydrogen) atoms. The molecule has 0 unspecified atom stereocenters. The average Bonchev–Trinajstić information content (AvgIpc) is 2.67. The van der Waals surface area contributed by atoms with Crippen LogP contribution >= 0.6 is 0 Å². The third-order valence-corrected chi connectivity index (χ3v) is 4.89. The van der Waals surface area contributed by atoms with E-state index in [-0.39, 0.29) is 0 Å². The topological polar surface area (TPSA) is 17.1 Å². The molecule has 0 spiro atoms. The first-order valence-corrected chi connectivity index (χ1v) is 5.78. The van der Waals surface area contributed by atoms with Crippen molar-refractivity contribution in [2.75, 3.05) is 0 Å². The smallest absolute Gasteiger partial charge is 0.136 e. The first kappa shape index (κ1) is 8.02. The molecule has 3 aliphatic rings. The Balaban J connectivity index is 1.84. The van der Waals surface area contributed by atoms with Gasteiger partial charge in [0.1, 0.15) is 5.78 Å². The minimum Gasteiger partial charge on any atom is -0.299 e. The second-order valence-electron chi connectivity index (χ2n) is 5.47. The third-order valence-electron chi connectivity index (χ3n) is 4.89. The Bertz CT molecular complexity index is 246. The second-order valence-corrected chi connectivity index (χ2v) is 5.47. The molecule has 0 aromatic carbocycles. The van der Waals surface area contributed by atoms with Crippen LogP contribution in [0.15, 0.2) is 0 Å². The molecule has 3 saturated carbocycles. The van der Waals surface area contributed by atoms with Crippen LogP contribution in [0.2, 0.25) is 0 Å². The molecule has 0 heterocycles. The van der Waals surface area contributed by atoms with Crippen LogP contribution in [0.4, 0.5) is 0 Å². The number of carbonyl (C=O) groups is 1. The summed E-state index contributed by atoms with van der Waals surface area (Å²) in [4.78, 5) is 11.6. The standard InChI is InChI=1S/C12H18O/c1-7-4-10-8-2-3-9(5-8)11(10)6-12(7)13/h7-11H,2-6H2,1H3/t7-,8-,9+,10-,11-/m1/s1. The Morgan fingerprint density at radius 2 is 1.77 bits per heavy atom. The first-order chi connectivity index (χ1) is 6.25. The van der Waals surface area contributed by atoms with Crippen LogP contribution in [0.5, 0.6) is 0 Å². The monoisotopic (exact) mass is 178 g/mol. The van der Waals surface area contributed by atoms with E-state index in [9.17, 15) is 4.79 Å². The third kappa shape index (κ3) is 1.02. The molecule has 0 aromatic heterocycles. The van der Waals surface area contributed by atoms with Crippen LogP contribution in [0.3, 0.4) is 0 Å².